The van der Waals surface area contributed by atoms with Gasteiger partial charge in [0.1, 0.15) is 0 Å². The molecule has 1 aliphatic carbocycles. The normalized spacial score (nSPS) is 15.2. The second-order valence-electron chi connectivity index (χ2n) is 7.52. The fourth-order valence-corrected chi connectivity index (χ4v) is 5.69. The highest BCUT2D eigenvalue weighted by Gasteiger charge is 2.39. The number of fused-ring (bicyclic) bond motifs is 5. The Labute approximate surface area is 147 Å². The van der Waals surface area contributed by atoms with Gasteiger partial charge in [-0.05, 0) is 52.6 Å². The summed E-state index contributed by atoms with van der Waals surface area (Å²) in [6.45, 7) is 9.22. The van der Waals surface area contributed by atoms with Gasteiger partial charge in [-0.3, -0.25) is 0 Å². The molecule has 4 rings (SSSR count). The minimum Gasteiger partial charge on any atom is -0.135 e. The van der Waals surface area contributed by atoms with Crippen molar-refractivity contribution in [1.29, 1.82) is 0 Å². The van der Waals surface area contributed by atoms with E-state index in [-0.39, 0.29) is 5.41 Å². The summed E-state index contributed by atoms with van der Waals surface area (Å²) in [6, 6.07) is 13.3. The zero-order chi connectivity index (χ0) is 16.4. The molecule has 0 radical (unpaired) electrons. The zero-order valence-electron chi connectivity index (χ0n) is 14.0. The third-order valence-electron chi connectivity index (χ3n) is 4.94. The van der Waals surface area contributed by atoms with Gasteiger partial charge in [0.15, 0.2) is 0 Å². The Morgan fingerprint density at radius 2 is 1.91 bits per heavy atom. The summed E-state index contributed by atoms with van der Waals surface area (Å²) in [7, 11) is 0. The highest BCUT2D eigenvalue weighted by molar-refractivity contribution is 7.22. The maximum absolute atomic E-state index is 6.56. The molecule has 0 spiro atoms. The fraction of sp³-hybridized carbons (Fsp3) is 0.333. The second-order valence-corrected chi connectivity index (χ2v) is 8.98. The monoisotopic (exact) mass is 340 g/mol. The van der Waals surface area contributed by atoms with Gasteiger partial charge in [0.2, 0.25) is 0 Å². The molecular weight excluding hydrogens is 320 g/mol. The molecule has 3 aromatic rings. The summed E-state index contributed by atoms with van der Waals surface area (Å²) in [4.78, 5) is 1.37. The maximum atomic E-state index is 6.56. The summed E-state index contributed by atoms with van der Waals surface area (Å²) in [5.41, 5.74) is 5.53. The van der Waals surface area contributed by atoms with Crippen LogP contribution in [0.5, 0.6) is 0 Å². The van der Waals surface area contributed by atoms with Gasteiger partial charge in [-0.15, -0.1) is 11.3 Å². The Balaban J connectivity index is 2.01. The van der Waals surface area contributed by atoms with Gasteiger partial charge < -0.3 is 0 Å². The molecule has 0 N–H and O–H groups in total. The number of benzene rings is 2. The van der Waals surface area contributed by atoms with Gasteiger partial charge in [-0.25, -0.2) is 0 Å². The average molecular weight is 341 g/mol. The summed E-state index contributed by atoms with van der Waals surface area (Å²) in [5.74, 6) is 0.679. The van der Waals surface area contributed by atoms with E-state index < -0.39 is 0 Å². The molecule has 23 heavy (non-hydrogen) atoms. The Kier molecular flexibility index (Phi) is 3.37. The van der Waals surface area contributed by atoms with E-state index in [1.807, 2.05) is 17.4 Å². The van der Waals surface area contributed by atoms with Crippen LogP contribution in [0.25, 0.3) is 20.5 Å². The maximum Gasteiger partial charge on any atom is 0.0495 e. The molecule has 0 bridgehead atoms. The zero-order valence-corrected chi connectivity index (χ0v) is 15.6. The van der Waals surface area contributed by atoms with E-state index in [4.69, 9.17) is 11.6 Å². The molecule has 0 fully saturated rings. The Morgan fingerprint density at radius 3 is 2.65 bits per heavy atom. The average Bonchev–Trinajstić information content (AvgIpc) is 2.94. The largest absolute Gasteiger partial charge is 0.135 e. The molecule has 1 aliphatic rings. The molecular formula is C21H21ClS. The van der Waals surface area contributed by atoms with E-state index in [1.165, 1.54) is 37.2 Å². The molecule has 1 aromatic heterocycles. The van der Waals surface area contributed by atoms with Gasteiger partial charge >= 0.3 is 0 Å². The predicted molar refractivity (Wildman–Crippen MR) is 103 cm³/mol. The van der Waals surface area contributed by atoms with E-state index in [0.717, 1.165) is 11.4 Å². The lowest BCUT2D eigenvalue weighted by molar-refractivity contribution is 0.647. The smallest absolute Gasteiger partial charge is 0.0495 e. The first-order valence-corrected chi connectivity index (χ1v) is 9.44. The number of hydrogen-bond donors (Lipinski definition) is 0. The van der Waals surface area contributed by atoms with E-state index in [2.05, 4.69) is 58.0 Å². The first-order valence-electron chi connectivity index (χ1n) is 8.25. The third kappa shape index (κ3) is 2.17. The first kappa shape index (κ1) is 15.2. The van der Waals surface area contributed by atoms with Crippen LogP contribution in [-0.4, -0.2) is 0 Å². The highest BCUT2D eigenvalue weighted by Crippen LogP contribution is 2.57. The van der Waals surface area contributed by atoms with Crippen molar-refractivity contribution in [3.8, 4) is 10.4 Å². The Morgan fingerprint density at radius 1 is 1.13 bits per heavy atom. The topological polar surface area (TPSA) is 0 Å². The minimum atomic E-state index is 0.0181. The molecule has 0 amide bonds. The molecule has 0 unspecified atom stereocenters. The van der Waals surface area contributed by atoms with Gasteiger partial charge in [-0.1, -0.05) is 57.5 Å². The van der Waals surface area contributed by atoms with Crippen molar-refractivity contribution in [3.05, 3.63) is 58.1 Å². The molecule has 0 atom stereocenters. The van der Waals surface area contributed by atoms with Crippen LogP contribution in [0.4, 0.5) is 0 Å². The van der Waals surface area contributed by atoms with Crippen molar-refractivity contribution >= 4 is 33.0 Å². The van der Waals surface area contributed by atoms with Crippen LogP contribution in [0, 0.1) is 5.92 Å². The van der Waals surface area contributed by atoms with E-state index in [0.29, 0.717) is 5.92 Å². The third-order valence-corrected chi connectivity index (χ3v) is 6.44. The fourth-order valence-electron chi connectivity index (χ4n) is 3.95. The van der Waals surface area contributed by atoms with Crippen molar-refractivity contribution in [1.82, 2.24) is 0 Å². The Hall–Kier alpha value is -1.31. The van der Waals surface area contributed by atoms with Crippen LogP contribution >= 0.6 is 22.9 Å². The summed E-state index contributed by atoms with van der Waals surface area (Å²) < 4.78 is 1.38. The predicted octanol–water partition coefficient (Wildman–Crippen LogP) is 7.06. The quantitative estimate of drug-likeness (QED) is 0.468. The summed E-state index contributed by atoms with van der Waals surface area (Å²) in [5, 5.41) is 2.30. The van der Waals surface area contributed by atoms with Crippen LogP contribution in [-0.2, 0) is 11.8 Å². The number of hydrogen-bond acceptors (Lipinski definition) is 1. The van der Waals surface area contributed by atoms with Crippen LogP contribution in [0.2, 0.25) is 5.02 Å². The summed E-state index contributed by atoms with van der Waals surface area (Å²) >= 11 is 8.45. The highest BCUT2D eigenvalue weighted by atomic mass is 35.5. The molecule has 0 aliphatic heterocycles. The first-order chi connectivity index (χ1) is 10.9. The Bertz CT molecular complexity index is 915. The van der Waals surface area contributed by atoms with Crippen molar-refractivity contribution in [2.24, 2.45) is 5.92 Å². The molecule has 118 valence electrons. The van der Waals surface area contributed by atoms with E-state index >= 15 is 0 Å². The molecule has 1 heterocycles. The number of halogens is 1. The van der Waals surface area contributed by atoms with Crippen molar-refractivity contribution in [2.45, 2.75) is 39.5 Å². The van der Waals surface area contributed by atoms with E-state index in [1.54, 1.807) is 0 Å². The van der Waals surface area contributed by atoms with Crippen LogP contribution in [0.15, 0.2) is 36.4 Å². The van der Waals surface area contributed by atoms with Crippen molar-refractivity contribution in [3.63, 3.8) is 0 Å². The SMILES string of the molecule is CC(C)Cc1ccc2sc3c(c2c1)C(C)(C)c1cccc(Cl)c1-3. The minimum absolute atomic E-state index is 0.0181. The lowest BCUT2D eigenvalue weighted by atomic mass is 9.81. The van der Waals surface area contributed by atoms with Gasteiger partial charge in [0, 0.05) is 25.6 Å². The molecule has 2 aromatic carbocycles. The van der Waals surface area contributed by atoms with Gasteiger partial charge in [-0.2, -0.15) is 0 Å². The number of rotatable bonds is 2. The molecule has 2 heteroatoms. The lowest BCUT2D eigenvalue weighted by Gasteiger charge is -2.21. The van der Waals surface area contributed by atoms with Crippen molar-refractivity contribution < 1.29 is 0 Å². The van der Waals surface area contributed by atoms with Crippen molar-refractivity contribution in [2.75, 3.05) is 0 Å². The van der Waals surface area contributed by atoms with Crippen LogP contribution in [0.1, 0.15) is 44.4 Å². The van der Waals surface area contributed by atoms with E-state index in [9.17, 15) is 0 Å². The van der Waals surface area contributed by atoms with Gasteiger partial charge in [0.05, 0.1) is 0 Å². The van der Waals surface area contributed by atoms with Crippen LogP contribution in [0.3, 0.4) is 0 Å². The molecule has 0 saturated carbocycles. The number of thiophene rings is 1. The lowest BCUT2D eigenvalue weighted by Crippen LogP contribution is -2.14. The summed E-state index contributed by atoms with van der Waals surface area (Å²) in [6.07, 6.45) is 1.13. The second kappa shape index (κ2) is 5.09. The molecule has 0 nitrogen and oxygen atoms in total. The standard InChI is InChI=1S/C21H21ClS/c1-12(2)10-13-8-9-17-14(11-13)19-20(23-17)18-15(21(19,3)4)6-5-7-16(18)22/h5-9,11-12H,10H2,1-4H3. The molecule has 0 saturated heterocycles. The van der Waals surface area contributed by atoms with Gasteiger partial charge in [0.25, 0.3) is 0 Å². The van der Waals surface area contributed by atoms with Crippen LogP contribution < -0.4 is 0 Å².